The fourth-order valence-corrected chi connectivity index (χ4v) is 1.55. The van der Waals surface area contributed by atoms with Gasteiger partial charge in [0, 0.05) is 12.7 Å². The van der Waals surface area contributed by atoms with Crippen LogP contribution in [0.4, 0.5) is 5.69 Å². The number of carboxylic acid groups (broad SMARTS) is 1. The van der Waals surface area contributed by atoms with Crippen LogP contribution < -0.4 is 10.6 Å². The number of carboxylic acids is 1. The number of rotatable bonds is 2. The number of nitrogens with zero attached hydrogens (tertiary/aromatic N) is 2. The van der Waals surface area contributed by atoms with E-state index < -0.39 is 18.2 Å². The number of aromatic carboxylic acids is 1. The molecule has 1 aromatic heterocycles. The number of β-amino-alcohol motifs (C(OH)–C–C–N with tert-alkyl or cyclic N) is 1. The Balaban J connectivity index is 2.08. The molecule has 0 unspecified atom stereocenters. The van der Waals surface area contributed by atoms with Gasteiger partial charge in [-0.15, -0.1) is 0 Å². The van der Waals surface area contributed by atoms with Gasteiger partial charge in [-0.25, -0.2) is 4.79 Å². The van der Waals surface area contributed by atoms with Crippen molar-refractivity contribution in [3.05, 3.63) is 24.0 Å². The summed E-state index contributed by atoms with van der Waals surface area (Å²) < 4.78 is 0. The number of carbonyl (C=O) groups is 1. The van der Waals surface area contributed by atoms with Crippen molar-refractivity contribution < 1.29 is 20.1 Å². The highest BCUT2D eigenvalue weighted by molar-refractivity contribution is 5.95. The van der Waals surface area contributed by atoms with Gasteiger partial charge < -0.3 is 26.0 Å². The first-order valence-corrected chi connectivity index (χ1v) is 5.66. The number of aliphatic hydroxyl groups is 2. The summed E-state index contributed by atoms with van der Waals surface area (Å²) in [5, 5.41) is 33.4. The molecule has 2 atom stereocenters. The van der Waals surface area contributed by atoms with Crippen molar-refractivity contribution in [2.24, 2.45) is 4.99 Å². The van der Waals surface area contributed by atoms with Crippen LogP contribution in [-0.4, -0.2) is 57.5 Å². The zero-order chi connectivity index (χ0) is 13.8. The Morgan fingerprint density at radius 2 is 2.16 bits per heavy atom. The highest BCUT2D eigenvalue weighted by atomic mass is 16.4. The van der Waals surface area contributed by atoms with Crippen LogP contribution in [0.5, 0.6) is 0 Å². The minimum atomic E-state index is -1.07. The van der Waals surface area contributed by atoms with Crippen LogP contribution >= 0.6 is 0 Å². The van der Waals surface area contributed by atoms with E-state index in [0.29, 0.717) is 11.6 Å². The molecule has 0 fully saturated rings. The topological polar surface area (TPSA) is 127 Å². The zero-order valence-corrected chi connectivity index (χ0v) is 9.95. The van der Waals surface area contributed by atoms with E-state index in [9.17, 15) is 15.0 Å². The number of pyridine rings is 1. The lowest BCUT2D eigenvalue weighted by molar-refractivity contribution is 0.0313. The fourth-order valence-electron chi connectivity index (χ4n) is 1.55. The summed E-state index contributed by atoms with van der Waals surface area (Å²) in [4.78, 5) is 18.6. The second-order valence-electron chi connectivity index (χ2n) is 4.10. The van der Waals surface area contributed by atoms with Gasteiger partial charge in [0.05, 0.1) is 30.1 Å². The summed E-state index contributed by atoms with van der Waals surface area (Å²) in [7, 11) is 0. The Morgan fingerprint density at radius 1 is 1.37 bits per heavy atom. The number of aliphatic hydroxyl groups excluding tert-OH is 2. The number of aromatic nitrogens is 1. The smallest absolute Gasteiger partial charge is 0.337 e. The first-order chi connectivity index (χ1) is 9.06. The second-order valence-corrected chi connectivity index (χ2v) is 4.10. The normalized spacial score (nSPS) is 22.9. The van der Waals surface area contributed by atoms with Gasteiger partial charge in [0.2, 0.25) is 0 Å². The molecule has 0 saturated carbocycles. The van der Waals surface area contributed by atoms with Crippen molar-refractivity contribution in [1.29, 1.82) is 0 Å². The van der Waals surface area contributed by atoms with Gasteiger partial charge in [-0.05, 0) is 6.07 Å². The summed E-state index contributed by atoms with van der Waals surface area (Å²) in [5.74, 6) is -0.724. The molecule has 0 aromatic carbocycles. The van der Waals surface area contributed by atoms with Crippen molar-refractivity contribution in [3.63, 3.8) is 0 Å². The molecular formula is C11H14N4O4. The number of aliphatic imine (C=N–C) groups is 1. The molecular weight excluding hydrogens is 252 g/mol. The average molecular weight is 266 g/mol. The van der Waals surface area contributed by atoms with E-state index in [1.54, 1.807) is 0 Å². The molecule has 1 aromatic rings. The molecule has 8 heteroatoms. The van der Waals surface area contributed by atoms with Crippen molar-refractivity contribution >= 4 is 17.6 Å². The van der Waals surface area contributed by atoms with Gasteiger partial charge in [0.15, 0.2) is 5.96 Å². The van der Waals surface area contributed by atoms with E-state index in [2.05, 4.69) is 20.6 Å². The zero-order valence-electron chi connectivity index (χ0n) is 9.95. The van der Waals surface area contributed by atoms with Crippen LogP contribution in [0, 0.1) is 0 Å². The van der Waals surface area contributed by atoms with Crippen molar-refractivity contribution in [3.8, 4) is 0 Å². The first-order valence-electron chi connectivity index (χ1n) is 5.66. The number of anilines is 1. The minimum absolute atomic E-state index is 0.0549. The third kappa shape index (κ3) is 3.39. The molecule has 0 bridgehead atoms. The van der Waals surface area contributed by atoms with Crippen LogP contribution in [0.1, 0.15) is 10.4 Å². The maximum atomic E-state index is 10.8. The molecule has 2 rings (SSSR count). The largest absolute Gasteiger partial charge is 0.478 e. The minimum Gasteiger partial charge on any atom is -0.478 e. The Hall–Kier alpha value is -2.19. The van der Waals surface area contributed by atoms with E-state index >= 15 is 0 Å². The van der Waals surface area contributed by atoms with Crippen LogP contribution in [0.2, 0.25) is 0 Å². The summed E-state index contributed by atoms with van der Waals surface area (Å²) in [6.07, 6.45) is 0.874. The van der Waals surface area contributed by atoms with Gasteiger partial charge in [-0.3, -0.25) is 9.98 Å². The molecule has 0 aliphatic carbocycles. The summed E-state index contributed by atoms with van der Waals surface area (Å²) in [5.41, 5.74) is 0.510. The highest BCUT2D eigenvalue weighted by Crippen LogP contribution is 2.09. The lowest BCUT2D eigenvalue weighted by Crippen LogP contribution is -2.38. The van der Waals surface area contributed by atoms with Crippen molar-refractivity contribution in [2.45, 2.75) is 12.2 Å². The maximum absolute atomic E-state index is 10.8. The lowest BCUT2D eigenvalue weighted by atomic mass is 10.2. The van der Waals surface area contributed by atoms with Crippen LogP contribution in [0.15, 0.2) is 23.5 Å². The van der Waals surface area contributed by atoms with Gasteiger partial charge in [0.25, 0.3) is 0 Å². The standard InChI is InChI=1S/C11H14N4O4/c16-8-4-13-11(14-5-9(8)17)15-7-1-6(10(18)19)2-12-3-7/h1-3,8-9,16-17H,4-5H2,(H,18,19)(H2,13,14,15)/t8-,9-/m0/s1. The van der Waals surface area contributed by atoms with E-state index in [1.165, 1.54) is 18.5 Å². The van der Waals surface area contributed by atoms with Crippen LogP contribution in [-0.2, 0) is 0 Å². The molecule has 102 valence electrons. The van der Waals surface area contributed by atoms with Crippen molar-refractivity contribution in [1.82, 2.24) is 10.3 Å². The Morgan fingerprint density at radius 3 is 2.89 bits per heavy atom. The quantitative estimate of drug-likeness (QED) is 0.458. The van der Waals surface area contributed by atoms with Gasteiger partial charge in [-0.1, -0.05) is 0 Å². The fraction of sp³-hybridized carbons (Fsp3) is 0.364. The molecule has 2 heterocycles. The van der Waals surface area contributed by atoms with Crippen LogP contribution in [0.3, 0.4) is 0 Å². The number of guanidine groups is 1. The predicted molar refractivity (Wildman–Crippen MR) is 67.1 cm³/mol. The van der Waals surface area contributed by atoms with Crippen molar-refractivity contribution in [2.75, 3.05) is 18.4 Å². The van der Waals surface area contributed by atoms with E-state index in [1.807, 2.05) is 0 Å². The monoisotopic (exact) mass is 266 g/mol. The Labute approximate surface area is 108 Å². The Bertz CT molecular complexity index is 505. The van der Waals surface area contributed by atoms with E-state index in [0.717, 1.165) is 0 Å². The predicted octanol–water partition coefficient (Wildman–Crippen LogP) is -1.13. The molecule has 19 heavy (non-hydrogen) atoms. The molecule has 1 aliphatic rings. The first kappa shape index (κ1) is 13.2. The van der Waals surface area contributed by atoms with Gasteiger partial charge >= 0.3 is 5.97 Å². The van der Waals surface area contributed by atoms with Crippen LogP contribution in [0.25, 0.3) is 0 Å². The van der Waals surface area contributed by atoms with Gasteiger partial charge in [0.1, 0.15) is 6.10 Å². The molecule has 0 spiro atoms. The molecule has 0 radical (unpaired) electrons. The molecule has 8 nitrogen and oxygen atoms in total. The number of hydrogen-bond acceptors (Lipinski definition) is 7. The maximum Gasteiger partial charge on any atom is 0.337 e. The summed E-state index contributed by atoms with van der Waals surface area (Å²) in [6, 6.07) is 1.41. The summed E-state index contributed by atoms with van der Waals surface area (Å²) >= 11 is 0. The Kier molecular flexibility index (Phi) is 3.93. The average Bonchev–Trinajstić information content (AvgIpc) is 2.55. The highest BCUT2D eigenvalue weighted by Gasteiger charge is 2.19. The van der Waals surface area contributed by atoms with E-state index in [4.69, 9.17) is 5.11 Å². The van der Waals surface area contributed by atoms with Gasteiger partial charge in [-0.2, -0.15) is 0 Å². The molecule has 5 N–H and O–H groups in total. The molecule has 1 aliphatic heterocycles. The molecule has 0 amide bonds. The summed E-state index contributed by atoms with van der Waals surface area (Å²) in [6.45, 7) is 0.210. The van der Waals surface area contributed by atoms with E-state index in [-0.39, 0.29) is 18.7 Å². The third-order valence-corrected chi connectivity index (χ3v) is 2.61. The molecule has 0 saturated heterocycles. The number of hydrogen-bond donors (Lipinski definition) is 5. The SMILES string of the molecule is O=C(O)c1cncc(NC2=NC[C@H](O)[C@@H](O)CN2)c1. The number of nitrogens with one attached hydrogen (secondary N) is 2. The second kappa shape index (κ2) is 5.63. The third-order valence-electron chi connectivity index (χ3n) is 2.61. The lowest BCUT2D eigenvalue weighted by Gasteiger charge is -2.13.